The number of sulfonamides is 1. The van der Waals surface area contributed by atoms with Crippen molar-refractivity contribution in [1.29, 1.82) is 0 Å². The number of hydrogen-bond acceptors (Lipinski definition) is 6. The highest BCUT2D eigenvalue weighted by Crippen LogP contribution is 2.17. The van der Waals surface area contributed by atoms with Crippen LogP contribution in [0.5, 0.6) is 0 Å². The van der Waals surface area contributed by atoms with Crippen molar-refractivity contribution in [2.24, 2.45) is 0 Å². The summed E-state index contributed by atoms with van der Waals surface area (Å²) in [6, 6.07) is 4.48. The van der Waals surface area contributed by atoms with Crippen LogP contribution in [0.3, 0.4) is 0 Å². The summed E-state index contributed by atoms with van der Waals surface area (Å²) < 4.78 is 33.9. The van der Waals surface area contributed by atoms with Gasteiger partial charge in [0.1, 0.15) is 0 Å². The second-order valence-electron chi connectivity index (χ2n) is 6.84. The minimum Gasteiger partial charge on any atom is -0.383 e. The maximum atomic E-state index is 12.8. The molecule has 2 rings (SSSR count). The number of nitrogens with one attached hydrogen (secondary N) is 2. The fourth-order valence-corrected chi connectivity index (χ4v) is 3.95. The molecule has 1 aromatic carbocycles. The van der Waals surface area contributed by atoms with Gasteiger partial charge in [-0.1, -0.05) is 19.9 Å². The molecule has 1 amide bonds. The molecule has 0 aliphatic carbocycles. The monoisotopic (exact) mass is 437 g/mol. The number of aromatic nitrogens is 2. The number of rotatable bonds is 12. The molecule has 0 atom stereocenters. The minimum absolute atomic E-state index is 0.0317. The van der Waals surface area contributed by atoms with E-state index in [9.17, 15) is 13.2 Å². The lowest BCUT2D eigenvalue weighted by Gasteiger charge is -2.17. The molecule has 0 fully saturated rings. The van der Waals surface area contributed by atoms with Gasteiger partial charge in [-0.15, -0.1) is 0 Å². The Morgan fingerprint density at radius 1 is 1.27 bits per heavy atom. The molecule has 0 aliphatic heterocycles. The van der Waals surface area contributed by atoms with E-state index < -0.39 is 10.0 Å². The molecule has 166 valence electrons. The molecule has 1 aromatic heterocycles. The third kappa shape index (κ3) is 6.63. The summed E-state index contributed by atoms with van der Waals surface area (Å²) in [5.41, 5.74) is 1.53. The number of carbonyl (C=O) groups excluding carboxylic acids is 1. The van der Waals surface area contributed by atoms with E-state index in [-0.39, 0.29) is 24.0 Å². The molecule has 30 heavy (non-hydrogen) atoms. The fraction of sp³-hybridized carbons (Fsp3) is 0.500. The zero-order valence-electron chi connectivity index (χ0n) is 18.0. The molecule has 1 heterocycles. The summed E-state index contributed by atoms with van der Waals surface area (Å²) in [5, 5.41) is 7.08. The molecule has 0 unspecified atom stereocenters. The van der Waals surface area contributed by atoms with Gasteiger partial charge < -0.3 is 15.0 Å². The Morgan fingerprint density at radius 2 is 2.00 bits per heavy atom. The SMILES string of the molecule is CCN(CC)CCn1cc(NC(=O)c2cc(S(=O)(=O)NCCOC)ccc2C)cn1. The van der Waals surface area contributed by atoms with Crippen LogP contribution < -0.4 is 10.0 Å². The smallest absolute Gasteiger partial charge is 0.256 e. The van der Waals surface area contributed by atoms with Crippen LogP contribution >= 0.6 is 0 Å². The van der Waals surface area contributed by atoms with Gasteiger partial charge in [-0.05, 0) is 37.7 Å². The molecule has 0 saturated heterocycles. The van der Waals surface area contributed by atoms with E-state index in [1.807, 2.05) is 0 Å². The normalized spacial score (nSPS) is 11.8. The molecule has 9 nitrogen and oxygen atoms in total. The number of anilines is 1. The third-order valence-corrected chi connectivity index (χ3v) is 6.25. The van der Waals surface area contributed by atoms with Crippen molar-refractivity contribution in [3.8, 4) is 0 Å². The minimum atomic E-state index is -3.73. The molecule has 0 saturated carbocycles. The maximum Gasteiger partial charge on any atom is 0.256 e. The van der Waals surface area contributed by atoms with Gasteiger partial charge in [0.15, 0.2) is 0 Å². The fourth-order valence-electron chi connectivity index (χ4n) is 2.91. The Hall–Kier alpha value is -2.27. The Balaban J connectivity index is 2.08. The molecular weight excluding hydrogens is 406 g/mol. The summed E-state index contributed by atoms with van der Waals surface area (Å²) in [6.45, 7) is 9.94. The van der Waals surface area contributed by atoms with Crippen LogP contribution in [0.1, 0.15) is 29.8 Å². The number of hydrogen-bond donors (Lipinski definition) is 2. The summed E-state index contributed by atoms with van der Waals surface area (Å²) >= 11 is 0. The molecule has 0 aliphatic rings. The largest absolute Gasteiger partial charge is 0.383 e. The predicted octanol–water partition coefficient (Wildman–Crippen LogP) is 1.71. The number of nitrogens with zero attached hydrogens (tertiary/aromatic N) is 3. The quantitative estimate of drug-likeness (QED) is 0.490. The van der Waals surface area contributed by atoms with E-state index in [1.54, 1.807) is 30.1 Å². The summed E-state index contributed by atoms with van der Waals surface area (Å²) in [4.78, 5) is 15.1. The lowest BCUT2D eigenvalue weighted by molar-refractivity contribution is 0.102. The number of aryl methyl sites for hydroxylation is 1. The van der Waals surface area contributed by atoms with Crippen molar-refractivity contribution in [2.75, 3.05) is 45.2 Å². The van der Waals surface area contributed by atoms with Gasteiger partial charge in [-0.2, -0.15) is 5.10 Å². The zero-order valence-corrected chi connectivity index (χ0v) is 18.8. The summed E-state index contributed by atoms with van der Waals surface area (Å²) in [7, 11) is -2.23. The first-order chi connectivity index (χ1) is 14.3. The lowest BCUT2D eigenvalue weighted by atomic mass is 10.1. The molecule has 0 spiro atoms. The molecule has 0 radical (unpaired) electrons. The molecule has 2 aromatic rings. The van der Waals surface area contributed by atoms with Crippen molar-refractivity contribution in [1.82, 2.24) is 19.4 Å². The average molecular weight is 438 g/mol. The van der Waals surface area contributed by atoms with Crippen LogP contribution in [0.2, 0.25) is 0 Å². The Labute approximate surface area is 178 Å². The highest BCUT2D eigenvalue weighted by molar-refractivity contribution is 7.89. The highest BCUT2D eigenvalue weighted by Gasteiger charge is 2.18. The topological polar surface area (TPSA) is 106 Å². The van der Waals surface area contributed by atoms with Crippen LogP contribution in [0, 0.1) is 6.92 Å². The summed E-state index contributed by atoms with van der Waals surface area (Å²) in [5.74, 6) is -0.385. The molecule has 2 N–H and O–H groups in total. The summed E-state index contributed by atoms with van der Waals surface area (Å²) in [6.07, 6.45) is 3.35. The van der Waals surface area contributed by atoms with Gasteiger partial charge in [0.25, 0.3) is 5.91 Å². The van der Waals surface area contributed by atoms with E-state index in [2.05, 4.69) is 33.9 Å². The first-order valence-electron chi connectivity index (χ1n) is 9.96. The number of benzene rings is 1. The highest BCUT2D eigenvalue weighted by atomic mass is 32.2. The van der Waals surface area contributed by atoms with E-state index in [0.29, 0.717) is 16.8 Å². The average Bonchev–Trinajstić information content (AvgIpc) is 3.16. The van der Waals surface area contributed by atoms with Crippen LogP contribution in [0.25, 0.3) is 0 Å². The predicted molar refractivity (Wildman–Crippen MR) is 116 cm³/mol. The van der Waals surface area contributed by atoms with Gasteiger partial charge in [0.2, 0.25) is 10.0 Å². The van der Waals surface area contributed by atoms with Crippen molar-refractivity contribution < 1.29 is 17.9 Å². The van der Waals surface area contributed by atoms with Crippen molar-refractivity contribution in [3.05, 3.63) is 41.7 Å². The van der Waals surface area contributed by atoms with Gasteiger partial charge in [-0.25, -0.2) is 13.1 Å². The molecular formula is C20H31N5O4S. The van der Waals surface area contributed by atoms with Crippen LogP contribution in [-0.4, -0.2) is 68.9 Å². The third-order valence-electron chi connectivity index (χ3n) is 4.79. The first kappa shape index (κ1) is 24.0. The molecule has 10 heteroatoms. The number of likely N-dealkylation sites (N-methyl/N-ethyl adjacent to an activating group) is 1. The molecule has 0 bridgehead atoms. The Morgan fingerprint density at radius 3 is 2.67 bits per heavy atom. The number of amides is 1. The van der Waals surface area contributed by atoms with Gasteiger partial charge in [-0.3, -0.25) is 9.48 Å². The second kappa shape index (κ2) is 11.2. The van der Waals surface area contributed by atoms with Crippen LogP contribution in [0.4, 0.5) is 5.69 Å². The zero-order chi connectivity index (χ0) is 22.1. The van der Waals surface area contributed by atoms with E-state index in [1.165, 1.54) is 19.2 Å². The van der Waals surface area contributed by atoms with Gasteiger partial charge >= 0.3 is 0 Å². The number of carbonyl (C=O) groups is 1. The van der Waals surface area contributed by atoms with Gasteiger partial charge in [0, 0.05) is 32.0 Å². The Bertz CT molecular complexity index is 938. The van der Waals surface area contributed by atoms with E-state index in [4.69, 9.17) is 4.74 Å². The standard InChI is InChI=1S/C20H31N5O4S/c1-5-24(6-2)10-11-25-15-17(14-21-25)23-20(26)19-13-18(8-7-16(19)3)30(27,28)22-9-12-29-4/h7-8,13-15,22H,5-6,9-12H2,1-4H3,(H,23,26). The van der Waals surface area contributed by atoms with Crippen molar-refractivity contribution in [3.63, 3.8) is 0 Å². The maximum absolute atomic E-state index is 12.8. The lowest BCUT2D eigenvalue weighted by Crippen LogP contribution is -2.27. The van der Waals surface area contributed by atoms with E-state index in [0.717, 1.165) is 26.2 Å². The van der Waals surface area contributed by atoms with Crippen LogP contribution in [0.15, 0.2) is 35.5 Å². The first-order valence-corrected chi connectivity index (χ1v) is 11.4. The van der Waals surface area contributed by atoms with Crippen LogP contribution in [-0.2, 0) is 21.3 Å². The second-order valence-corrected chi connectivity index (χ2v) is 8.61. The number of methoxy groups -OCH3 is 1. The van der Waals surface area contributed by atoms with Gasteiger partial charge in [0.05, 0.1) is 29.9 Å². The van der Waals surface area contributed by atoms with Crippen molar-refractivity contribution in [2.45, 2.75) is 32.2 Å². The van der Waals surface area contributed by atoms with E-state index >= 15 is 0 Å². The van der Waals surface area contributed by atoms with Crippen molar-refractivity contribution >= 4 is 21.6 Å². The Kier molecular flexibility index (Phi) is 8.97. The number of ether oxygens (including phenoxy) is 1.